The average molecular weight is 288 g/mol. The molecule has 0 saturated heterocycles. The van der Waals surface area contributed by atoms with Crippen LogP contribution in [-0.2, 0) is 19.4 Å². The number of hydrogen-bond donors (Lipinski definition) is 1. The smallest absolute Gasteiger partial charge is 0.264 e. The van der Waals surface area contributed by atoms with Crippen LogP contribution in [0, 0.1) is 0 Å². The summed E-state index contributed by atoms with van der Waals surface area (Å²) < 4.78 is 10.8. The summed E-state index contributed by atoms with van der Waals surface area (Å²) in [6.07, 6.45) is 4.31. The Labute approximate surface area is 123 Å². The second-order valence-corrected chi connectivity index (χ2v) is 5.41. The average Bonchev–Trinajstić information content (AvgIpc) is 2.94. The van der Waals surface area contributed by atoms with Gasteiger partial charge in [0.15, 0.2) is 12.4 Å². The number of aromatic nitrogens is 2. The van der Waals surface area contributed by atoms with Crippen molar-refractivity contribution in [3.05, 3.63) is 41.0 Å². The molecule has 0 aliphatic heterocycles. The van der Waals surface area contributed by atoms with Crippen LogP contribution < -0.4 is 4.74 Å². The molecule has 0 spiro atoms. The van der Waals surface area contributed by atoms with Crippen molar-refractivity contribution in [2.45, 2.75) is 51.7 Å². The molecule has 0 saturated carbocycles. The van der Waals surface area contributed by atoms with Crippen molar-refractivity contribution >= 4 is 0 Å². The highest BCUT2D eigenvalue weighted by molar-refractivity contribution is 5.38. The van der Waals surface area contributed by atoms with Crippen LogP contribution in [0.5, 0.6) is 5.75 Å². The number of aliphatic hydroxyl groups excluding tert-OH is 1. The Hall–Kier alpha value is -1.88. The van der Waals surface area contributed by atoms with Crippen LogP contribution in [0.15, 0.2) is 22.7 Å². The van der Waals surface area contributed by atoms with Gasteiger partial charge >= 0.3 is 0 Å². The monoisotopic (exact) mass is 288 g/mol. The van der Waals surface area contributed by atoms with Crippen molar-refractivity contribution in [2.75, 3.05) is 0 Å². The molecule has 2 aromatic rings. The molecule has 1 aliphatic rings. The number of aryl methyl sites for hydroxylation is 2. The first-order valence-corrected chi connectivity index (χ1v) is 7.51. The van der Waals surface area contributed by atoms with Gasteiger partial charge in [0.1, 0.15) is 5.75 Å². The fourth-order valence-electron chi connectivity index (χ4n) is 2.66. The van der Waals surface area contributed by atoms with Gasteiger partial charge in [0.25, 0.3) is 5.89 Å². The Kier molecular flexibility index (Phi) is 4.20. The lowest BCUT2D eigenvalue weighted by Crippen LogP contribution is -2.09. The SMILES string of the molecule is CCCc1noc(COc2ccc3c(c2)[C@@H](O)CCC3)n1. The van der Waals surface area contributed by atoms with E-state index in [1.165, 1.54) is 5.56 Å². The molecule has 3 rings (SSSR count). The zero-order valence-corrected chi connectivity index (χ0v) is 12.2. The van der Waals surface area contributed by atoms with E-state index in [-0.39, 0.29) is 12.7 Å². The van der Waals surface area contributed by atoms with E-state index in [9.17, 15) is 5.11 Å². The maximum Gasteiger partial charge on any atom is 0.264 e. The zero-order chi connectivity index (χ0) is 14.7. The summed E-state index contributed by atoms with van der Waals surface area (Å²) in [6.45, 7) is 2.33. The minimum Gasteiger partial charge on any atom is -0.484 e. The number of aliphatic hydroxyl groups is 1. The summed E-state index contributed by atoms with van der Waals surface area (Å²) in [5.74, 6) is 1.93. The van der Waals surface area contributed by atoms with Crippen LogP contribution in [0.2, 0.25) is 0 Å². The van der Waals surface area contributed by atoms with E-state index in [1.807, 2.05) is 18.2 Å². The molecule has 1 atom stereocenters. The Morgan fingerprint density at radius 2 is 2.33 bits per heavy atom. The zero-order valence-electron chi connectivity index (χ0n) is 12.2. The Morgan fingerprint density at radius 3 is 3.19 bits per heavy atom. The molecule has 5 heteroatoms. The maximum absolute atomic E-state index is 10.0. The lowest BCUT2D eigenvalue weighted by atomic mass is 9.89. The van der Waals surface area contributed by atoms with E-state index in [2.05, 4.69) is 17.1 Å². The lowest BCUT2D eigenvalue weighted by Gasteiger charge is -2.21. The second kappa shape index (κ2) is 6.26. The molecular weight excluding hydrogens is 268 g/mol. The number of hydrogen-bond acceptors (Lipinski definition) is 5. The van der Waals surface area contributed by atoms with E-state index >= 15 is 0 Å². The van der Waals surface area contributed by atoms with Crippen LogP contribution in [0.25, 0.3) is 0 Å². The third kappa shape index (κ3) is 3.24. The predicted octanol–water partition coefficient (Wildman–Crippen LogP) is 2.97. The van der Waals surface area contributed by atoms with Crippen LogP contribution >= 0.6 is 0 Å². The molecule has 0 radical (unpaired) electrons. The first-order valence-electron chi connectivity index (χ1n) is 7.51. The quantitative estimate of drug-likeness (QED) is 0.916. The maximum atomic E-state index is 10.0. The lowest BCUT2D eigenvalue weighted by molar-refractivity contribution is 0.155. The summed E-state index contributed by atoms with van der Waals surface area (Å²) in [7, 11) is 0. The van der Waals surface area contributed by atoms with Gasteiger partial charge in [0.05, 0.1) is 6.10 Å². The molecule has 0 bridgehead atoms. The first-order chi connectivity index (χ1) is 10.3. The fraction of sp³-hybridized carbons (Fsp3) is 0.500. The predicted molar refractivity (Wildman–Crippen MR) is 77.0 cm³/mol. The fourth-order valence-corrected chi connectivity index (χ4v) is 2.66. The number of rotatable bonds is 5. The molecule has 1 aromatic heterocycles. The van der Waals surface area contributed by atoms with Gasteiger partial charge in [-0.15, -0.1) is 0 Å². The van der Waals surface area contributed by atoms with Crippen molar-refractivity contribution in [1.29, 1.82) is 0 Å². The highest BCUT2D eigenvalue weighted by Gasteiger charge is 2.18. The van der Waals surface area contributed by atoms with Gasteiger partial charge in [-0.2, -0.15) is 4.98 Å². The third-order valence-corrected chi connectivity index (χ3v) is 3.75. The largest absolute Gasteiger partial charge is 0.484 e. The standard InChI is InChI=1S/C16H20N2O3/c1-2-4-15-17-16(21-18-15)10-20-12-8-7-11-5-3-6-14(19)13(11)9-12/h7-9,14,19H,2-6,10H2,1H3/t14-/m0/s1. The minimum atomic E-state index is -0.378. The third-order valence-electron chi connectivity index (χ3n) is 3.75. The van der Waals surface area contributed by atoms with Crippen molar-refractivity contribution in [2.24, 2.45) is 0 Å². The van der Waals surface area contributed by atoms with E-state index in [0.717, 1.165) is 49.2 Å². The number of ether oxygens (including phenoxy) is 1. The van der Waals surface area contributed by atoms with Crippen LogP contribution in [0.1, 0.15) is 55.1 Å². The summed E-state index contributed by atoms with van der Waals surface area (Å²) in [5.41, 5.74) is 2.19. The normalized spacial score (nSPS) is 17.5. The Bertz CT molecular complexity index is 609. The summed E-state index contributed by atoms with van der Waals surface area (Å²) >= 11 is 0. The van der Waals surface area contributed by atoms with Crippen molar-refractivity contribution in [3.63, 3.8) is 0 Å². The Morgan fingerprint density at radius 1 is 1.43 bits per heavy atom. The van der Waals surface area contributed by atoms with Gasteiger partial charge in [-0.05, 0) is 48.9 Å². The van der Waals surface area contributed by atoms with Crippen molar-refractivity contribution in [1.82, 2.24) is 10.1 Å². The highest BCUT2D eigenvalue weighted by Crippen LogP contribution is 2.32. The molecular formula is C16H20N2O3. The van der Waals surface area contributed by atoms with Gasteiger partial charge < -0.3 is 14.4 Å². The molecule has 1 aliphatic carbocycles. The minimum absolute atomic E-state index is 0.256. The molecule has 0 unspecified atom stereocenters. The topological polar surface area (TPSA) is 68.4 Å². The molecule has 0 fully saturated rings. The first kappa shape index (κ1) is 14.1. The van der Waals surface area contributed by atoms with Gasteiger partial charge in [0, 0.05) is 6.42 Å². The van der Waals surface area contributed by atoms with Crippen LogP contribution in [0.3, 0.4) is 0 Å². The van der Waals surface area contributed by atoms with E-state index in [1.54, 1.807) is 0 Å². The highest BCUT2D eigenvalue weighted by atomic mass is 16.5. The van der Waals surface area contributed by atoms with E-state index in [0.29, 0.717) is 5.89 Å². The van der Waals surface area contributed by atoms with Crippen LogP contribution in [0.4, 0.5) is 0 Å². The summed E-state index contributed by atoms with van der Waals surface area (Å²) in [4.78, 5) is 4.27. The number of benzene rings is 1. The summed E-state index contributed by atoms with van der Waals surface area (Å²) in [6, 6.07) is 5.88. The molecule has 1 N–H and O–H groups in total. The second-order valence-electron chi connectivity index (χ2n) is 5.41. The van der Waals surface area contributed by atoms with Crippen molar-refractivity contribution < 1.29 is 14.4 Å². The van der Waals surface area contributed by atoms with Crippen molar-refractivity contribution in [3.8, 4) is 5.75 Å². The van der Waals surface area contributed by atoms with E-state index < -0.39 is 0 Å². The molecule has 1 heterocycles. The van der Waals surface area contributed by atoms with Gasteiger partial charge in [-0.3, -0.25) is 0 Å². The molecule has 112 valence electrons. The summed E-state index contributed by atoms with van der Waals surface area (Å²) in [5, 5.41) is 13.9. The molecule has 0 amide bonds. The van der Waals surface area contributed by atoms with Gasteiger partial charge in [-0.1, -0.05) is 18.1 Å². The van der Waals surface area contributed by atoms with E-state index in [4.69, 9.17) is 9.26 Å². The van der Waals surface area contributed by atoms with Crippen LogP contribution in [-0.4, -0.2) is 15.2 Å². The molecule has 1 aromatic carbocycles. The molecule has 21 heavy (non-hydrogen) atoms. The Balaban J connectivity index is 1.66. The molecule has 5 nitrogen and oxygen atoms in total. The van der Waals surface area contributed by atoms with Gasteiger partial charge in [0.2, 0.25) is 0 Å². The van der Waals surface area contributed by atoms with Gasteiger partial charge in [-0.25, -0.2) is 0 Å². The number of fused-ring (bicyclic) bond motifs is 1. The number of nitrogens with zero attached hydrogens (tertiary/aromatic N) is 2.